The zero-order chi connectivity index (χ0) is 16.1. The first-order chi connectivity index (χ1) is 11.2. The molecule has 3 rings (SSSR count). The molecule has 1 heterocycles. The van der Waals surface area contributed by atoms with Crippen molar-refractivity contribution in [1.82, 2.24) is 10.6 Å². The number of amides is 2. The molecule has 1 aliphatic rings. The standard InChI is InChI=1S/C18H18N2O3/c21-17(13-6-2-1-3-7-13)19-10-11-20-18(22)16-12-14-8-4-5-9-15(14)23-16/h1-9,16H,10-12H2,(H,19,21)(H,20,22). The zero-order valence-electron chi connectivity index (χ0n) is 12.6. The van der Waals surface area contributed by atoms with Crippen LogP contribution in [0.1, 0.15) is 15.9 Å². The van der Waals surface area contributed by atoms with E-state index in [2.05, 4.69) is 10.6 Å². The second kappa shape index (κ2) is 6.96. The second-order valence-electron chi connectivity index (χ2n) is 5.33. The Morgan fingerprint density at radius 2 is 1.65 bits per heavy atom. The highest BCUT2D eigenvalue weighted by atomic mass is 16.5. The normalized spacial score (nSPS) is 15.4. The topological polar surface area (TPSA) is 67.4 Å². The van der Waals surface area contributed by atoms with E-state index in [-0.39, 0.29) is 11.8 Å². The fourth-order valence-electron chi connectivity index (χ4n) is 2.50. The Labute approximate surface area is 134 Å². The van der Waals surface area contributed by atoms with Crippen molar-refractivity contribution in [2.45, 2.75) is 12.5 Å². The van der Waals surface area contributed by atoms with Gasteiger partial charge < -0.3 is 15.4 Å². The fourth-order valence-corrected chi connectivity index (χ4v) is 2.50. The van der Waals surface area contributed by atoms with Gasteiger partial charge in [-0.05, 0) is 23.8 Å². The van der Waals surface area contributed by atoms with Crippen LogP contribution in [0.4, 0.5) is 0 Å². The largest absolute Gasteiger partial charge is 0.480 e. The Bertz CT molecular complexity index is 675. The van der Waals surface area contributed by atoms with Crippen molar-refractivity contribution < 1.29 is 14.3 Å². The summed E-state index contributed by atoms with van der Waals surface area (Å²) in [5.74, 6) is 0.463. The van der Waals surface area contributed by atoms with Gasteiger partial charge in [0.05, 0.1) is 0 Å². The summed E-state index contributed by atoms with van der Waals surface area (Å²) in [5, 5.41) is 5.56. The lowest BCUT2D eigenvalue weighted by molar-refractivity contribution is -0.127. The highest BCUT2D eigenvalue weighted by Crippen LogP contribution is 2.27. The van der Waals surface area contributed by atoms with Crippen LogP contribution >= 0.6 is 0 Å². The van der Waals surface area contributed by atoms with Gasteiger partial charge >= 0.3 is 0 Å². The lowest BCUT2D eigenvalue weighted by Gasteiger charge is -2.11. The Morgan fingerprint density at radius 3 is 2.43 bits per heavy atom. The third kappa shape index (κ3) is 3.69. The molecule has 0 radical (unpaired) electrons. The maximum absolute atomic E-state index is 12.1. The average molecular weight is 310 g/mol. The lowest BCUT2D eigenvalue weighted by Crippen LogP contribution is -2.41. The molecule has 2 N–H and O–H groups in total. The SMILES string of the molecule is O=C(NCCNC(=O)C1Cc2ccccc2O1)c1ccccc1. The quantitative estimate of drug-likeness (QED) is 0.823. The molecule has 0 saturated carbocycles. The summed E-state index contributed by atoms with van der Waals surface area (Å²) >= 11 is 0. The lowest BCUT2D eigenvalue weighted by atomic mass is 10.1. The summed E-state index contributed by atoms with van der Waals surface area (Å²) in [5.41, 5.74) is 1.65. The van der Waals surface area contributed by atoms with Crippen molar-refractivity contribution in [1.29, 1.82) is 0 Å². The van der Waals surface area contributed by atoms with Crippen molar-refractivity contribution in [3.63, 3.8) is 0 Å². The number of benzene rings is 2. The molecular formula is C18H18N2O3. The van der Waals surface area contributed by atoms with E-state index in [9.17, 15) is 9.59 Å². The first-order valence-electron chi connectivity index (χ1n) is 7.59. The minimum Gasteiger partial charge on any atom is -0.480 e. The predicted molar refractivity (Wildman–Crippen MR) is 86.3 cm³/mol. The average Bonchev–Trinajstić information content (AvgIpc) is 3.03. The molecule has 0 spiro atoms. The number of hydrogen-bond donors (Lipinski definition) is 2. The van der Waals surface area contributed by atoms with E-state index in [0.29, 0.717) is 25.1 Å². The summed E-state index contributed by atoms with van der Waals surface area (Å²) in [7, 11) is 0. The van der Waals surface area contributed by atoms with Gasteiger partial charge in [0, 0.05) is 25.1 Å². The van der Waals surface area contributed by atoms with Crippen molar-refractivity contribution in [3.05, 3.63) is 65.7 Å². The van der Waals surface area contributed by atoms with Crippen molar-refractivity contribution in [3.8, 4) is 5.75 Å². The molecule has 118 valence electrons. The predicted octanol–water partition coefficient (Wildman–Crippen LogP) is 1.54. The summed E-state index contributed by atoms with van der Waals surface area (Å²) in [4.78, 5) is 23.9. The summed E-state index contributed by atoms with van der Waals surface area (Å²) in [6.07, 6.45) is 0.0930. The molecule has 5 heteroatoms. The fraction of sp³-hybridized carbons (Fsp3) is 0.222. The zero-order valence-corrected chi connectivity index (χ0v) is 12.6. The van der Waals surface area contributed by atoms with Crippen LogP contribution in [0.25, 0.3) is 0 Å². The number of rotatable bonds is 5. The molecule has 23 heavy (non-hydrogen) atoms. The number of hydrogen-bond acceptors (Lipinski definition) is 3. The minimum atomic E-state index is -0.489. The first-order valence-corrected chi connectivity index (χ1v) is 7.59. The minimum absolute atomic E-state index is 0.149. The highest BCUT2D eigenvalue weighted by molar-refractivity contribution is 5.94. The van der Waals surface area contributed by atoms with Crippen LogP contribution in [0.15, 0.2) is 54.6 Å². The van der Waals surface area contributed by atoms with Gasteiger partial charge in [-0.1, -0.05) is 36.4 Å². The third-order valence-electron chi connectivity index (χ3n) is 3.69. The summed E-state index contributed by atoms with van der Waals surface area (Å²) in [6, 6.07) is 16.6. The number of nitrogens with one attached hydrogen (secondary N) is 2. The molecule has 0 bridgehead atoms. The van der Waals surface area contributed by atoms with E-state index >= 15 is 0 Å². The van der Waals surface area contributed by atoms with Crippen molar-refractivity contribution in [2.75, 3.05) is 13.1 Å². The van der Waals surface area contributed by atoms with Crippen molar-refractivity contribution in [2.24, 2.45) is 0 Å². The van der Waals surface area contributed by atoms with E-state index < -0.39 is 6.10 Å². The maximum atomic E-state index is 12.1. The third-order valence-corrected chi connectivity index (χ3v) is 3.69. The Kier molecular flexibility index (Phi) is 4.57. The smallest absolute Gasteiger partial charge is 0.261 e. The Balaban J connectivity index is 1.40. The monoisotopic (exact) mass is 310 g/mol. The van der Waals surface area contributed by atoms with Crippen LogP contribution in [0.2, 0.25) is 0 Å². The van der Waals surface area contributed by atoms with E-state index in [0.717, 1.165) is 11.3 Å². The van der Waals surface area contributed by atoms with E-state index in [1.54, 1.807) is 12.1 Å². The Hall–Kier alpha value is -2.82. The summed E-state index contributed by atoms with van der Waals surface area (Å²) in [6.45, 7) is 0.743. The number of carbonyl (C=O) groups is 2. The van der Waals surface area contributed by atoms with Crippen LogP contribution in [-0.2, 0) is 11.2 Å². The molecular weight excluding hydrogens is 292 g/mol. The molecule has 0 aliphatic carbocycles. The summed E-state index contributed by atoms with van der Waals surface area (Å²) < 4.78 is 5.62. The molecule has 0 fully saturated rings. The number of ether oxygens (including phenoxy) is 1. The number of carbonyl (C=O) groups excluding carboxylic acids is 2. The van der Waals surface area contributed by atoms with Crippen LogP contribution in [0.5, 0.6) is 5.75 Å². The number of para-hydroxylation sites is 1. The molecule has 2 aromatic rings. The molecule has 0 aromatic heterocycles. The molecule has 2 amide bonds. The van der Waals surface area contributed by atoms with Gasteiger partial charge in [0.25, 0.3) is 11.8 Å². The maximum Gasteiger partial charge on any atom is 0.261 e. The van der Waals surface area contributed by atoms with Gasteiger partial charge in [-0.2, -0.15) is 0 Å². The molecule has 1 aliphatic heterocycles. The highest BCUT2D eigenvalue weighted by Gasteiger charge is 2.28. The van der Waals surface area contributed by atoms with Gasteiger partial charge in [-0.25, -0.2) is 0 Å². The molecule has 5 nitrogen and oxygen atoms in total. The van der Waals surface area contributed by atoms with Gasteiger partial charge in [0.15, 0.2) is 6.10 Å². The van der Waals surface area contributed by atoms with E-state index in [4.69, 9.17) is 4.74 Å². The van der Waals surface area contributed by atoms with Crippen molar-refractivity contribution >= 4 is 11.8 Å². The number of fused-ring (bicyclic) bond motifs is 1. The molecule has 2 aromatic carbocycles. The van der Waals surface area contributed by atoms with E-state index in [1.165, 1.54) is 0 Å². The van der Waals surface area contributed by atoms with Crippen LogP contribution < -0.4 is 15.4 Å². The van der Waals surface area contributed by atoms with Gasteiger partial charge in [-0.3, -0.25) is 9.59 Å². The van der Waals surface area contributed by atoms with Gasteiger partial charge in [0.2, 0.25) is 0 Å². The molecule has 1 unspecified atom stereocenters. The first kappa shape index (κ1) is 15.1. The van der Waals surface area contributed by atoms with Crippen LogP contribution in [-0.4, -0.2) is 31.0 Å². The van der Waals surface area contributed by atoms with Gasteiger partial charge in [-0.15, -0.1) is 0 Å². The van der Waals surface area contributed by atoms with Gasteiger partial charge in [0.1, 0.15) is 5.75 Å². The molecule has 1 atom stereocenters. The Morgan fingerprint density at radius 1 is 0.957 bits per heavy atom. The van der Waals surface area contributed by atoms with E-state index in [1.807, 2.05) is 42.5 Å². The van der Waals surface area contributed by atoms with Crippen LogP contribution in [0.3, 0.4) is 0 Å². The second-order valence-corrected chi connectivity index (χ2v) is 5.33. The van der Waals surface area contributed by atoms with Crippen LogP contribution in [0, 0.1) is 0 Å². The molecule has 0 saturated heterocycles.